The fraction of sp³-hybridized carbons (Fsp3) is 0.211. The lowest BCUT2D eigenvalue weighted by molar-refractivity contribution is -0.123. The summed E-state index contributed by atoms with van der Waals surface area (Å²) in [6, 6.07) is 13.2. The number of esters is 1. The lowest BCUT2D eigenvalue weighted by Crippen LogP contribution is -2.30. The molecule has 26 heavy (non-hydrogen) atoms. The van der Waals surface area contributed by atoms with Crippen molar-refractivity contribution < 1.29 is 19.1 Å². The first-order valence-corrected chi connectivity index (χ1v) is 8.11. The molecule has 0 unspecified atom stereocenters. The van der Waals surface area contributed by atoms with Crippen molar-refractivity contribution in [2.24, 2.45) is 0 Å². The van der Waals surface area contributed by atoms with Crippen LogP contribution in [0.4, 0.5) is 5.69 Å². The largest absolute Gasteiger partial charge is 0.449 e. The number of benzene rings is 2. The van der Waals surface area contributed by atoms with Crippen LogP contribution in [-0.2, 0) is 20.9 Å². The van der Waals surface area contributed by atoms with Crippen molar-refractivity contribution in [3.8, 4) is 6.07 Å². The molecule has 0 heterocycles. The van der Waals surface area contributed by atoms with Gasteiger partial charge in [-0.25, -0.2) is 4.79 Å². The Morgan fingerprint density at radius 1 is 1.27 bits per heavy atom. The van der Waals surface area contributed by atoms with E-state index in [9.17, 15) is 9.59 Å². The van der Waals surface area contributed by atoms with Crippen LogP contribution in [0.1, 0.15) is 28.4 Å². The summed E-state index contributed by atoms with van der Waals surface area (Å²) >= 11 is 5.93. The molecule has 6 nitrogen and oxygen atoms in total. The minimum Gasteiger partial charge on any atom is -0.449 e. The molecule has 0 aliphatic rings. The second-order valence-corrected chi connectivity index (χ2v) is 5.88. The third-order valence-corrected chi connectivity index (χ3v) is 3.80. The summed E-state index contributed by atoms with van der Waals surface area (Å²) in [5.74, 6) is -1.12. The molecule has 0 radical (unpaired) electrons. The summed E-state index contributed by atoms with van der Waals surface area (Å²) < 4.78 is 10.2. The number of nitriles is 1. The average molecular weight is 373 g/mol. The van der Waals surface area contributed by atoms with Crippen LogP contribution in [0.25, 0.3) is 0 Å². The van der Waals surface area contributed by atoms with Gasteiger partial charge in [-0.3, -0.25) is 4.79 Å². The number of methoxy groups -OCH3 is 1. The monoisotopic (exact) mass is 372 g/mol. The van der Waals surface area contributed by atoms with Gasteiger partial charge in [-0.1, -0.05) is 23.7 Å². The maximum Gasteiger partial charge on any atom is 0.338 e. The molecule has 2 rings (SSSR count). The second-order valence-electron chi connectivity index (χ2n) is 5.48. The maximum atomic E-state index is 12.2. The Labute approximate surface area is 156 Å². The van der Waals surface area contributed by atoms with Crippen molar-refractivity contribution in [2.75, 3.05) is 12.4 Å². The molecule has 0 aliphatic carbocycles. The van der Waals surface area contributed by atoms with Gasteiger partial charge in [0, 0.05) is 12.8 Å². The molecule has 0 saturated carbocycles. The Morgan fingerprint density at radius 3 is 2.69 bits per heavy atom. The van der Waals surface area contributed by atoms with Gasteiger partial charge in [-0.05, 0) is 42.8 Å². The molecule has 2 aromatic rings. The molecule has 134 valence electrons. The number of hydrogen-bond donors (Lipinski definition) is 1. The maximum absolute atomic E-state index is 12.2. The first kappa shape index (κ1) is 19.4. The van der Waals surface area contributed by atoms with Crippen molar-refractivity contribution in [1.82, 2.24) is 0 Å². The van der Waals surface area contributed by atoms with Crippen LogP contribution >= 0.6 is 11.6 Å². The highest BCUT2D eigenvalue weighted by atomic mass is 35.5. The Hall–Kier alpha value is -2.88. The number of ether oxygens (including phenoxy) is 2. The van der Waals surface area contributed by atoms with E-state index < -0.39 is 18.0 Å². The number of amides is 1. The molecule has 0 spiro atoms. The summed E-state index contributed by atoms with van der Waals surface area (Å²) in [6.07, 6.45) is -1.01. The van der Waals surface area contributed by atoms with Gasteiger partial charge in [-0.15, -0.1) is 0 Å². The van der Waals surface area contributed by atoms with Gasteiger partial charge in [0.05, 0.1) is 22.8 Å². The molecule has 0 aliphatic heterocycles. The van der Waals surface area contributed by atoms with E-state index in [2.05, 4.69) is 5.32 Å². The van der Waals surface area contributed by atoms with E-state index >= 15 is 0 Å². The van der Waals surface area contributed by atoms with E-state index in [0.29, 0.717) is 23.4 Å². The zero-order chi connectivity index (χ0) is 19.1. The second kappa shape index (κ2) is 8.99. The Balaban J connectivity index is 2.00. The molecule has 0 aromatic heterocycles. The van der Waals surface area contributed by atoms with Gasteiger partial charge in [0.25, 0.3) is 5.91 Å². The van der Waals surface area contributed by atoms with Crippen LogP contribution in [0.15, 0.2) is 42.5 Å². The highest BCUT2D eigenvalue weighted by molar-refractivity contribution is 6.32. The van der Waals surface area contributed by atoms with Crippen LogP contribution in [0.5, 0.6) is 0 Å². The zero-order valence-electron chi connectivity index (χ0n) is 14.3. The normalized spacial score (nSPS) is 11.3. The van der Waals surface area contributed by atoms with E-state index in [-0.39, 0.29) is 5.02 Å². The summed E-state index contributed by atoms with van der Waals surface area (Å²) in [5.41, 5.74) is 1.87. The molecular formula is C19H17ClN2O4. The number of carbonyl (C=O) groups is 2. The number of nitrogens with one attached hydrogen (secondary N) is 1. The van der Waals surface area contributed by atoms with Crippen molar-refractivity contribution in [1.29, 1.82) is 5.26 Å². The van der Waals surface area contributed by atoms with Gasteiger partial charge in [-0.2, -0.15) is 5.26 Å². The van der Waals surface area contributed by atoms with Crippen molar-refractivity contribution in [2.45, 2.75) is 19.6 Å². The Bertz CT molecular complexity index is 861. The minimum absolute atomic E-state index is 0.227. The SMILES string of the molecule is COCc1cccc(C(=O)O[C@@H](C)C(=O)Nc2ccc(C#N)c(Cl)c2)c1. The number of halogens is 1. The lowest BCUT2D eigenvalue weighted by atomic mass is 10.1. The third kappa shape index (κ3) is 5.06. The molecule has 0 bridgehead atoms. The number of anilines is 1. The Morgan fingerprint density at radius 2 is 2.04 bits per heavy atom. The lowest BCUT2D eigenvalue weighted by Gasteiger charge is -2.14. The van der Waals surface area contributed by atoms with Gasteiger partial charge in [0.2, 0.25) is 0 Å². The van der Waals surface area contributed by atoms with E-state index in [4.69, 9.17) is 26.3 Å². The number of rotatable bonds is 6. The van der Waals surface area contributed by atoms with Crippen LogP contribution in [0.3, 0.4) is 0 Å². The number of hydrogen-bond acceptors (Lipinski definition) is 5. The fourth-order valence-corrected chi connectivity index (χ4v) is 2.39. The van der Waals surface area contributed by atoms with Crippen molar-refractivity contribution in [3.63, 3.8) is 0 Å². The predicted octanol–water partition coefficient (Wildman–Crippen LogP) is 3.54. The van der Waals surface area contributed by atoms with Crippen LogP contribution in [-0.4, -0.2) is 25.1 Å². The van der Waals surface area contributed by atoms with Crippen LogP contribution < -0.4 is 5.32 Å². The standard InChI is InChI=1S/C19H17ClN2O4/c1-12(18(23)22-16-7-6-15(10-21)17(20)9-16)26-19(24)14-5-3-4-13(8-14)11-25-2/h3-9,12H,11H2,1-2H3,(H,22,23)/t12-/m0/s1. The predicted molar refractivity (Wildman–Crippen MR) is 96.8 cm³/mol. The molecule has 0 saturated heterocycles. The smallest absolute Gasteiger partial charge is 0.338 e. The first-order chi connectivity index (χ1) is 12.4. The van der Waals surface area contributed by atoms with E-state index in [1.54, 1.807) is 31.4 Å². The summed E-state index contributed by atoms with van der Waals surface area (Å²) in [5, 5.41) is 11.7. The topological polar surface area (TPSA) is 88.4 Å². The highest BCUT2D eigenvalue weighted by Crippen LogP contribution is 2.20. The molecule has 1 atom stereocenters. The molecule has 1 amide bonds. The van der Waals surface area contributed by atoms with Crippen LogP contribution in [0.2, 0.25) is 5.02 Å². The molecule has 2 aromatic carbocycles. The van der Waals surface area contributed by atoms with Crippen molar-refractivity contribution in [3.05, 3.63) is 64.2 Å². The number of nitrogens with zero attached hydrogens (tertiary/aromatic N) is 1. The molecule has 0 fully saturated rings. The van der Waals surface area contributed by atoms with Crippen molar-refractivity contribution >= 4 is 29.2 Å². The molecule has 1 N–H and O–H groups in total. The van der Waals surface area contributed by atoms with Gasteiger partial charge < -0.3 is 14.8 Å². The average Bonchev–Trinajstić information content (AvgIpc) is 2.62. The van der Waals surface area contributed by atoms with Gasteiger partial charge in [0.1, 0.15) is 6.07 Å². The minimum atomic E-state index is -1.01. The molecular weight excluding hydrogens is 356 g/mol. The van der Waals surface area contributed by atoms with E-state index in [0.717, 1.165) is 5.56 Å². The van der Waals surface area contributed by atoms with E-state index in [1.165, 1.54) is 19.1 Å². The third-order valence-electron chi connectivity index (χ3n) is 3.48. The molecule has 7 heteroatoms. The zero-order valence-corrected chi connectivity index (χ0v) is 15.0. The quantitative estimate of drug-likeness (QED) is 0.783. The van der Waals surface area contributed by atoms with E-state index in [1.807, 2.05) is 12.1 Å². The van der Waals surface area contributed by atoms with Gasteiger partial charge >= 0.3 is 5.97 Å². The van der Waals surface area contributed by atoms with Gasteiger partial charge in [0.15, 0.2) is 6.10 Å². The van der Waals surface area contributed by atoms with Crippen LogP contribution in [0, 0.1) is 11.3 Å². The Kier molecular flexibility index (Phi) is 6.73. The first-order valence-electron chi connectivity index (χ1n) is 7.74. The highest BCUT2D eigenvalue weighted by Gasteiger charge is 2.19. The fourth-order valence-electron chi connectivity index (χ4n) is 2.16. The summed E-state index contributed by atoms with van der Waals surface area (Å²) in [7, 11) is 1.56. The summed E-state index contributed by atoms with van der Waals surface area (Å²) in [4.78, 5) is 24.4. The number of carbonyl (C=O) groups excluding carboxylic acids is 2. The summed E-state index contributed by atoms with van der Waals surface area (Å²) in [6.45, 7) is 1.84.